The number of hydrogen-bond acceptors (Lipinski definition) is 14. The minimum atomic E-state index is -5.54. The van der Waals surface area contributed by atoms with E-state index in [4.69, 9.17) is 14.8 Å². The molecule has 1 aliphatic carbocycles. The summed E-state index contributed by atoms with van der Waals surface area (Å²) in [5, 5.41) is 46.7. The number of phosphoric ester groups is 2. The van der Waals surface area contributed by atoms with Crippen LogP contribution in [-0.4, -0.2) is 101 Å². The van der Waals surface area contributed by atoms with Gasteiger partial charge in [-0.25, -0.2) is 13.9 Å². The molecule has 230 valence electrons. The van der Waals surface area contributed by atoms with Crippen molar-refractivity contribution in [1.29, 1.82) is 0 Å². The summed E-state index contributed by atoms with van der Waals surface area (Å²) < 4.78 is 44.9. The van der Waals surface area contributed by atoms with Gasteiger partial charge >= 0.3 is 21.3 Å². The summed E-state index contributed by atoms with van der Waals surface area (Å²) in [6, 6.07) is -0.561. The van der Waals surface area contributed by atoms with Gasteiger partial charge in [-0.2, -0.15) is 4.31 Å². The Morgan fingerprint density at radius 3 is 2.49 bits per heavy atom. The maximum Gasteiger partial charge on any atom is 0.481 e. The van der Waals surface area contributed by atoms with Crippen molar-refractivity contribution in [3.05, 3.63) is 43.5 Å². The molecule has 0 radical (unpaired) electrons. The van der Waals surface area contributed by atoms with Crippen LogP contribution in [0.1, 0.15) is 19.6 Å². The van der Waals surface area contributed by atoms with E-state index < -0.39 is 94.2 Å². The molecule has 3 unspecified atom stereocenters. The highest BCUT2D eigenvalue weighted by Crippen LogP contribution is 2.61. The standard InChI is InChI=1S/C18H28N6O15P2/c1-7(25)21-12-9(4-8(5-20-23-19)13(27)15(12)29)38-41(34,35)39-40(32,33)36-6-10-14(28)16(30)17(37-10)24-3-2-11(26)22-18(24)31/h2-3,8-10,12-17,27-30H,4-6H2,1H3,(H,21,25)(H,32,33)(H,34,35)(H,22,26,31)/t8-,9+,10-,12+,13-,14-,15?,16-,17-/m1/s1. The molecule has 0 aromatic carbocycles. The van der Waals surface area contributed by atoms with E-state index >= 15 is 0 Å². The molecule has 1 aromatic rings. The van der Waals surface area contributed by atoms with Crippen molar-refractivity contribution in [3.63, 3.8) is 0 Å². The number of phosphoric acid groups is 2. The van der Waals surface area contributed by atoms with Gasteiger partial charge in [0.1, 0.15) is 24.4 Å². The number of carbonyl (C=O) groups excluding carboxylic acids is 1. The monoisotopic (exact) mass is 630 g/mol. The second-order valence-electron chi connectivity index (χ2n) is 9.14. The average molecular weight is 630 g/mol. The number of H-pyrrole nitrogens is 1. The van der Waals surface area contributed by atoms with Crippen molar-refractivity contribution in [2.24, 2.45) is 11.0 Å². The largest absolute Gasteiger partial charge is 0.481 e. The van der Waals surface area contributed by atoms with Crippen LogP contribution in [-0.2, 0) is 32.0 Å². The van der Waals surface area contributed by atoms with Crippen LogP contribution in [0.2, 0.25) is 0 Å². The highest BCUT2D eigenvalue weighted by atomic mass is 31.3. The summed E-state index contributed by atoms with van der Waals surface area (Å²) in [5.41, 5.74) is 6.79. The van der Waals surface area contributed by atoms with Gasteiger partial charge in [0, 0.05) is 30.6 Å². The normalized spacial score (nSPS) is 34.7. The van der Waals surface area contributed by atoms with Crippen LogP contribution in [0.15, 0.2) is 27.0 Å². The first-order valence-electron chi connectivity index (χ1n) is 11.7. The third-order valence-corrected chi connectivity index (χ3v) is 8.89. The molecular weight excluding hydrogens is 602 g/mol. The van der Waals surface area contributed by atoms with Gasteiger partial charge in [0.05, 0.1) is 24.9 Å². The maximum absolute atomic E-state index is 12.6. The van der Waals surface area contributed by atoms with Crippen LogP contribution in [0, 0.1) is 5.92 Å². The number of nitrogens with one attached hydrogen (secondary N) is 2. The van der Waals surface area contributed by atoms with Gasteiger partial charge in [-0.3, -0.25) is 28.2 Å². The van der Waals surface area contributed by atoms with Gasteiger partial charge < -0.3 is 40.3 Å². The van der Waals surface area contributed by atoms with Gasteiger partial charge in [-0.15, -0.1) is 0 Å². The van der Waals surface area contributed by atoms with Gasteiger partial charge in [0.2, 0.25) is 5.91 Å². The Labute approximate surface area is 229 Å². The molecule has 1 saturated heterocycles. The lowest BCUT2D eigenvalue weighted by atomic mass is 9.79. The van der Waals surface area contributed by atoms with E-state index in [-0.39, 0.29) is 13.0 Å². The Hall–Kier alpha value is -2.48. The number of aliphatic hydroxyl groups excluding tert-OH is 4. The molecule has 41 heavy (non-hydrogen) atoms. The van der Waals surface area contributed by atoms with Crippen molar-refractivity contribution >= 4 is 21.6 Å². The zero-order valence-corrected chi connectivity index (χ0v) is 22.8. The fourth-order valence-corrected chi connectivity index (χ4v) is 6.66. The van der Waals surface area contributed by atoms with E-state index in [1.54, 1.807) is 0 Å². The molecule has 2 aliphatic rings. The summed E-state index contributed by atoms with van der Waals surface area (Å²) in [4.78, 5) is 59.4. The minimum absolute atomic E-state index is 0.374. The fraction of sp³-hybridized carbons (Fsp3) is 0.722. The molecule has 3 rings (SSSR count). The number of hydrogen-bond donors (Lipinski definition) is 8. The fourth-order valence-electron chi connectivity index (χ4n) is 4.38. The summed E-state index contributed by atoms with van der Waals surface area (Å²) in [7, 11) is -11.0. The van der Waals surface area contributed by atoms with Crippen molar-refractivity contribution in [2.45, 2.75) is 62.2 Å². The van der Waals surface area contributed by atoms with Crippen LogP contribution in [0.25, 0.3) is 10.4 Å². The number of carbonyl (C=O) groups is 1. The van der Waals surface area contributed by atoms with E-state index in [9.17, 15) is 53.7 Å². The maximum atomic E-state index is 12.6. The number of azide groups is 1. The number of nitrogens with zero attached hydrogens (tertiary/aromatic N) is 4. The first-order valence-corrected chi connectivity index (χ1v) is 14.7. The van der Waals surface area contributed by atoms with Crippen LogP contribution in [0.5, 0.6) is 0 Å². The predicted molar refractivity (Wildman–Crippen MR) is 131 cm³/mol. The zero-order chi connectivity index (χ0) is 30.7. The van der Waals surface area contributed by atoms with Crippen molar-refractivity contribution < 1.29 is 62.2 Å². The van der Waals surface area contributed by atoms with E-state index in [0.717, 1.165) is 23.8 Å². The molecule has 0 bridgehead atoms. The topological polar surface area (TPSA) is 325 Å². The Morgan fingerprint density at radius 2 is 1.88 bits per heavy atom. The second kappa shape index (κ2) is 13.2. The third-order valence-electron chi connectivity index (χ3n) is 6.23. The Kier molecular flexibility index (Phi) is 10.7. The number of amides is 1. The van der Waals surface area contributed by atoms with Gasteiger partial charge in [-0.1, -0.05) is 5.11 Å². The molecule has 21 nitrogen and oxygen atoms in total. The first-order chi connectivity index (χ1) is 19.0. The Bertz CT molecular complexity index is 1370. The van der Waals surface area contributed by atoms with E-state index in [2.05, 4.69) is 24.2 Å². The summed E-state index contributed by atoms with van der Waals surface area (Å²) in [6.07, 6.45) is -11.0. The quantitative estimate of drug-likeness (QED) is 0.0535. The van der Waals surface area contributed by atoms with Gasteiger partial charge in [0.25, 0.3) is 5.56 Å². The lowest BCUT2D eigenvalue weighted by Gasteiger charge is -2.42. The van der Waals surface area contributed by atoms with Crippen LogP contribution >= 0.6 is 15.6 Å². The molecule has 1 amide bonds. The highest BCUT2D eigenvalue weighted by Gasteiger charge is 2.49. The number of aliphatic hydroxyl groups is 4. The molecule has 1 aromatic heterocycles. The average Bonchev–Trinajstić information content (AvgIpc) is 3.14. The third kappa shape index (κ3) is 8.30. The highest BCUT2D eigenvalue weighted by molar-refractivity contribution is 7.61. The second-order valence-corrected chi connectivity index (χ2v) is 12.1. The molecule has 1 aliphatic heterocycles. The summed E-state index contributed by atoms with van der Waals surface area (Å²) >= 11 is 0. The molecule has 0 spiro atoms. The SMILES string of the molecule is CC(=O)N[C@@H]1C(O)[C@H](O)[C@@H](CN=[N+]=[N-])C[C@@H]1OP(=O)(O)OP(=O)(O)OC[C@H]1O[C@@H](n2ccc(=O)[nH]c2=O)[C@H](O)[C@@H]1O. The van der Waals surface area contributed by atoms with E-state index in [1.807, 2.05) is 4.98 Å². The van der Waals surface area contributed by atoms with Crippen LogP contribution in [0.3, 0.4) is 0 Å². The lowest BCUT2D eigenvalue weighted by molar-refractivity contribution is -0.130. The van der Waals surface area contributed by atoms with Gasteiger partial charge in [-0.05, 0) is 17.9 Å². The minimum Gasteiger partial charge on any atom is -0.390 e. The lowest BCUT2D eigenvalue weighted by Crippen LogP contribution is -2.61. The number of ether oxygens (including phenoxy) is 1. The molecule has 23 heteroatoms. The Morgan fingerprint density at radius 1 is 1.20 bits per heavy atom. The first kappa shape index (κ1) is 33.0. The smallest absolute Gasteiger partial charge is 0.390 e. The molecule has 2 fully saturated rings. The van der Waals surface area contributed by atoms with Crippen molar-refractivity contribution in [1.82, 2.24) is 14.9 Å². The van der Waals surface area contributed by atoms with E-state index in [1.165, 1.54) is 0 Å². The number of aromatic nitrogens is 2. The summed E-state index contributed by atoms with van der Waals surface area (Å²) in [6.45, 7) is -0.347. The zero-order valence-electron chi connectivity index (χ0n) is 21.0. The summed E-state index contributed by atoms with van der Waals surface area (Å²) in [5.74, 6) is -1.74. The molecule has 2 heterocycles. The molecule has 8 N–H and O–H groups in total. The molecule has 1 saturated carbocycles. The molecule has 11 atom stereocenters. The molecular formula is C18H28N6O15P2. The van der Waals surface area contributed by atoms with E-state index in [0.29, 0.717) is 0 Å². The number of rotatable bonds is 11. The number of aromatic amines is 1. The van der Waals surface area contributed by atoms with Gasteiger partial charge in [0.15, 0.2) is 6.23 Å². The van der Waals surface area contributed by atoms with Crippen LogP contribution in [0.4, 0.5) is 0 Å². The van der Waals surface area contributed by atoms with Crippen molar-refractivity contribution in [2.75, 3.05) is 13.2 Å². The van der Waals surface area contributed by atoms with Crippen LogP contribution < -0.4 is 16.6 Å². The van der Waals surface area contributed by atoms with Crippen molar-refractivity contribution in [3.8, 4) is 0 Å². The predicted octanol–water partition coefficient (Wildman–Crippen LogP) is -2.67. The Balaban J connectivity index is 1.68.